The van der Waals surface area contributed by atoms with Crippen LogP contribution in [0.1, 0.15) is 17.2 Å². The van der Waals surface area contributed by atoms with Crippen molar-refractivity contribution in [1.29, 1.82) is 0 Å². The van der Waals surface area contributed by atoms with Crippen molar-refractivity contribution in [2.45, 2.75) is 6.04 Å². The normalized spacial score (nSPS) is 17.6. The van der Waals surface area contributed by atoms with Gasteiger partial charge in [0.2, 0.25) is 0 Å². The summed E-state index contributed by atoms with van der Waals surface area (Å²) in [6, 6.07) is 20.1. The number of methoxy groups -OCH3 is 1. The molecule has 33 heavy (non-hydrogen) atoms. The van der Waals surface area contributed by atoms with Crippen LogP contribution < -0.4 is 9.64 Å². The van der Waals surface area contributed by atoms with Crippen LogP contribution in [0.2, 0.25) is 5.02 Å². The van der Waals surface area contributed by atoms with E-state index in [1.54, 1.807) is 73.8 Å². The number of amides is 1. The molecule has 5 rings (SSSR count). The molecule has 3 aromatic carbocycles. The van der Waals surface area contributed by atoms with E-state index in [4.69, 9.17) is 16.3 Å². The van der Waals surface area contributed by atoms with Crippen molar-refractivity contribution in [3.8, 4) is 5.75 Å². The molecule has 1 N–H and O–H groups in total. The Balaban J connectivity index is 1.73. The van der Waals surface area contributed by atoms with Gasteiger partial charge in [-0.3, -0.25) is 14.5 Å². The Kier molecular flexibility index (Phi) is 5.36. The van der Waals surface area contributed by atoms with E-state index in [1.807, 2.05) is 6.07 Å². The molecular formula is C25H17ClN2O4S. The Bertz CT molecular complexity index is 1430. The third kappa shape index (κ3) is 3.65. The zero-order valence-electron chi connectivity index (χ0n) is 17.4. The van der Waals surface area contributed by atoms with Gasteiger partial charge in [0.1, 0.15) is 11.5 Å². The van der Waals surface area contributed by atoms with Crippen molar-refractivity contribution in [3.63, 3.8) is 0 Å². The molecule has 0 bridgehead atoms. The van der Waals surface area contributed by atoms with Gasteiger partial charge < -0.3 is 9.84 Å². The van der Waals surface area contributed by atoms with Crippen LogP contribution in [0.5, 0.6) is 5.75 Å². The minimum absolute atomic E-state index is 0.00898. The maximum atomic E-state index is 13.3. The Morgan fingerprint density at radius 1 is 1.06 bits per heavy atom. The van der Waals surface area contributed by atoms with Crippen LogP contribution in [0.3, 0.4) is 0 Å². The zero-order valence-corrected chi connectivity index (χ0v) is 18.9. The molecule has 0 saturated carbocycles. The maximum absolute atomic E-state index is 13.3. The summed E-state index contributed by atoms with van der Waals surface area (Å²) < 4.78 is 6.09. The second kappa shape index (κ2) is 8.35. The molecule has 1 saturated heterocycles. The summed E-state index contributed by atoms with van der Waals surface area (Å²) in [6.07, 6.45) is 0. The third-order valence-electron chi connectivity index (χ3n) is 5.45. The van der Waals surface area contributed by atoms with Crippen LogP contribution in [0.15, 0.2) is 78.4 Å². The molecule has 1 unspecified atom stereocenters. The minimum Gasteiger partial charge on any atom is -0.507 e. The van der Waals surface area contributed by atoms with Crippen LogP contribution >= 0.6 is 22.9 Å². The molecule has 8 heteroatoms. The fourth-order valence-electron chi connectivity index (χ4n) is 3.90. The summed E-state index contributed by atoms with van der Waals surface area (Å²) in [7, 11) is 1.57. The number of nitrogens with zero attached hydrogens (tertiary/aromatic N) is 2. The first-order valence-electron chi connectivity index (χ1n) is 10.0. The highest BCUT2D eigenvalue weighted by atomic mass is 35.5. The van der Waals surface area contributed by atoms with Crippen LogP contribution in [0, 0.1) is 0 Å². The number of aliphatic hydroxyl groups is 1. The molecule has 164 valence electrons. The van der Waals surface area contributed by atoms with E-state index in [1.165, 1.54) is 16.2 Å². The number of halogens is 1. The number of benzene rings is 3. The topological polar surface area (TPSA) is 79.7 Å². The number of ether oxygens (including phenoxy) is 1. The van der Waals surface area contributed by atoms with Gasteiger partial charge in [-0.25, -0.2) is 4.98 Å². The Labute approximate surface area is 198 Å². The van der Waals surface area contributed by atoms with E-state index >= 15 is 0 Å². The van der Waals surface area contributed by atoms with Gasteiger partial charge in [-0.05, 0) is 35.9 Å². The van der Waals surface area contributed by atoms with Gasteiger partial charge in [-0.15, -0.1) is 0 Å². The first kappa shape index (κ1) is 21.2. The van der Waals surface area contributed by atoms with Crippen molar-refractivity contribution in [2.24, 2.45) is 0 Å². The molecule has 0 aliphatic carbocycles. The summed E-state index contributed by atoms with van der Waals surface area (Å²) in [5.41, 5.74) is 1.70. The van der Waals surface area contributed by atoms with E-state index < -0.39 is 17.7 Å². The predicted octanol–water partition coefficient (Wildman–Crippen LogP) is 5.58. The summed E-state index contributed by atoms with van der Waals surface area (Å²) in [5, 5.41) is 11.9. The number of ketones is 1. The minimum atomic E-state index is -0.883. The number of carbonyl (C=O) groups excluding carboxylic acids is 2. The molecule has 1 aliphatic rings. The SMILES string of the molecule is COc1ccc2nc(N3C(=O)C(=O)/C(=C(/O)c4ccccc4)C3c3cccc(Cl)c3)sc2c1. The molecule has 1 atom stereocenters. The van der Waals surface area contributed by atoms with Gasteiger partial charge in [-0.1, -0.05) is 65.4 Å². The first-order valence-corrected chi connectivity index (χ1v) is 11.2. The molecule has 1 amide bonds. The number of hydrogen-bond acceptors (Lipinski definition) is 6. The van der Waals surface area contributed by atoms with Crippen LogP contribution in [0.25, 0.3) is 16.0 Å². The van der Waals surface area contributed by atoms with E-state index in [0.29, 0.717) is 32.5 Å². The molecule has 1 fully saturated rings. The second-order valence-electron chi connectivity index (χ2n) is 7.42. The van der Waals surface area contributed by atoms with E-state index in [0.717, 1.165) is 4.70 Å². The van der Waals surface area contributed by atoms with Crippen molar-refractivity contribution in [1.82, 2.24) is 4.98 Å². The predicted molar refractivity (Wildman–Crippen MR) is 129 cm³/mol. The monoisotopic (exact) mass is 476 g/mol. The summed E-state index contributed by atoms with van der Waals surface area (Å²) in [6.45, 7) is 0. The van der Waals surface area contributed by atoms with Gasteiger partial charge in [0, 0.05) is 10.6 Å². The molecule has 0 spiro atoms. The summed E-state index contributed by atoms with van der Waals surface area (Å²) in [4.78, 5) is 32.4. The number of thiazole rings is 1. The molecule has 2 heterocycles. The Hall–Kier alpha value is -3.68. The van der Waals surface area contributed by atoms with Crippen molar-refractivity contribution < 1.29 is 19.4 Å². The van der Waals surface area contributed by atoms with Crippen molar-refractivity contribution >= 4 is 55.7 Å². The van der Waals surface area contributed by atoms with Gasteiger partial charge >= 0.3 is 5.91 Å². The fourth-order valence-corrected chi connectivity index (χ4v) is 5.12. The lowest BCUT2D eigenvalue weighted by Gasteiger charge is -2.23. The van der Waals surface area contributed by atoms with Crippen molar-refractivity contribution in [3.05, 3.63) is 94.5 Å². The van der Waals surface area contributed by atoms with Gasteiger partial charge in [0.25, 0.3) is 5.78 Å². The largest absolute Gasteiger partial charge is 0.507 e. The standard InChI is InChI=1S/C25H17ClN2O4S/c1-32-17-10-11-18-19(13-17)33-25(27-18)28-21(15-8-5-9-16(26)12-15)20(23(30)24(28)31)22(29)14-6-3-2-4-7-14/h2-13,21,29H,1H3/b22-20+. The molecule has 6 nitrogen and oxygen atoms in total. The van der Waals surface area contributed by atoms with Crippen LogP contribution in [-0.2, 0) is 9.59 Å². The number of fused-ring (bicyclic) bond motifs is 1. The highest BCUT2D eigenvalue weighted by molar-refractivity contribution is 7.22. The lowest BCUT2D eigenvalue weighted by atomic mass is 9.95. The van der Waals surface area contributed by atoms with Gasteiger partial charge in [0.05, 0.1) is 28.9 Å². The number of carbonyl (C=O) groups is 2. The molecule has 1 aliphatic heterocycles. The highest BCUT2D eigenvalue weighted by Crippen LogP contribution is 2.44. The Morgan fingerprint density at radius 3 is 2.58 bits per heavy atom. The highest BCUT2D eigenvalue weighted by Gasteiger charge is 2.48. The van der Waals surface area contributed by atoms with Crippen molar-refractivity contribution in [2.75, 3.05) is 12.0 Å². The molecular weight excluding hydrogens is 460 g/mol. The zero-order chi connectivity index (χ0) is 23.1. The van der Waals surface area contributed by atoms with Gasteiger partial charge in [-0.2, -0.15) is 0 Å². The van der Waals surface area contributed by atoms with Gasteiger partial charge in [0.15, 0.2) is 5.13 Å². The van der Waals surface area contributed by atoms with Crippen LogP contribution in [-0.4, -0.2) is 28.9 Å². The second-order valence-corrected chi connectivity index (χ2v) is 8.87. The number of Topliss-reactive ketones (excluding diaryl/α,β-unsaturated/α-hetero) is 1. The smallest absolute Gasteiger partial charge is 0.301 e. The third-order valence-corrected chi connectivity index (χ3v) is 6.70. The van der Waals surface area contributed by atoms with E-state index in [-0.39, 0.29) is 11.3 Å². The quantitative estimate of drug-likeness (QED) is 0.236. The molecule has 1 aromatic heterocycles. The summed E-state index contributed by atoms with van der Waals surface area (Å²) >= 11 is 7.50. The summed E-state index contributed by atoms with van der Waals surface area (Å²) in [5.74, 6) is -1.12. The number of rotatable bonds is 4. The average Bonchev–Trinajstić information content (AvgIpc) is 3.37. The number of anilines is 1. The first-order chi connectivity index (χ1) is 16.0. The Morgan fingerprint density at radius 2 is 1.85 bits per heavy atom. The fraction of sp³-hybridized carbons (Fsp3) is 0.0800. The molecule has 4 aromatic rings. The molecule has 0 radical (unpaired) electrons. The van der Waals surface area contributed by atoms with Crippen LogP contribution in [0.4, 0.5) is 5.13 Å². The number of aromatic nitrogens is 1. The lowest BCUT2D eigenvalue weighted by molar-refractivity contribution is -0.132. The van der Waals surface area contributed by atoms with E-state index in [2.05, 4.69) is 4.98 Å². The van der Waals surface area contributed by atoms with E-state index in [9.17, 15) is 14.7 Å². The maximum Gasteiger partial charge on any atom is 0.301 e. The number of aliphatic hydroxyl groups excluding tert-OH is 1. The lowest BCUT2D eigenvalue weighted by Crippen LogP contribution is -2.29. The number of hydrogen-bond donors (Lipinski definition) is 1. The average molecular weight is 477 g/mol.